The van der Waals surface area contributed by atoms with Gasteiger partial charge in [-0.05, 0) is 56.3 Å². The first-order valence-electron chi connectivity index (χ1n) is 10.8. The molecule has 34 heavy (non-hydrogen) atoms. The molecule has 0 saturated heterocycles. The maximum absolute atomic E-state index is 14.2. The van der Waals surface area contributed by atoms with Gasteiger partial charge in [0.15, 0.2) is 11.5 Å². The standard InChI is InChI=1S/C27H22FN5O/c1-17-12-14-19(15-13-17)29-25-24(30-27(34)21-10-6-7-11-23(21)28)16-22-18(2)32-33(26(22)31-25)20-8-4-3-5-9-20/h3-16H,1-2H3,(H,29,31)(H,30,34). The van der Waals surface area contributed by atoms with E-state index in [9.17, 15) is 9.18 Å². The molecule has 6 nitrogen and oxygen atoms in total. The van der Waals surface area contributed by atoms with Crippen LogP contribution in [-0.4, -0.2) is 20.7 Å². The molecule has 0 bridgehead atoms. The number of pyridine rings is 1. The molecule has 0 aliphatic rings. The lowest BCUT2D eigenvalue weighted by Crippen LogP contribution is -2.15. The zero-order valence-corrected chi connectivity index (χ0v) is 18.7. The molecule has 3 aromatic carbocycles. The molecule has 7 heteroatoms. The first-order chi connectivity index (χ1) is 16.5. The van der Waals surface area contributed by atoms with E-state index in [-0.39, 0.29) is 5.56 Å². The van der Waals surface area contributed by atoms with Gasteiger partial charge < -0.3 is 10.6 Å². The van der Waals surface area contributed by atoms with Crippen LogP contribution in [0.4, 0.5) is 21.6 Å². The average molecular weight is 452 g/mol. The third kappa shape index (κ3) is 4.11. The zero-order valence-electron chi connectivity index (χ0n) is 18.7. The van der Waals surface area contributed by atoms with Gasteiger partial charge in [0.05, 0.1) is 22.6 Å². The molecule has 2 N–H and O–H groups in total. The number of carbonyl (C=O) groups excluding carboxylic acids is 1. The molecule has 0 radical (unpaired) electrons. The van der Waals surface area contributed by atoms with Crippen LogP contribution in [0, 0.1) is 19.7 Å². The Labute approximate surface area is 196 Å². The maximum atomic E-state index is 14.2. The molecule has 0 fully saturated rings. The number of aromatic nitrogens is 3. The van der Waals surface area contributed by atoms with Crippen LogP contribution in [-0.2, 0) is 0 Å². The average Bonchev–Trinajstić information content (AvgIpc) is 3.16. The highest BCUT2D eigenvalue weighted by Gasteiger charge is 2.19. The van der Waals surface area contributed by atoms with Crippen molar-refractivity contribution in [2.24, 2.45) is 0 Å². The first kappa shape index (κ1) is 21.3. The quantitative estimate of drug-likeness (QED) is 0.335. The van der Waals surface area contributed by atoms with E-state index in [0.29, 0.717) is 17.2 Å². The summed E-state index contributed by atoms with van der Waals surface area (Å²) in [5.41, 5.74) is 4.59. The fourth-order valence-electron chi connectivity index (χ4n) is 3.73. The molecule has 0 aliphatic carbocycles. The van der Waals surface area contributed by atoms with Gasteiger partial charge in [-0.25, -0.2) is 14.1 Å². The Balaban J connectivity index is 1.63. The number of para-hydroxylation sites is 1. The Morgan fingerprint density at radius 3 is 2.35 bits per heavy atom. The van der Waals surface area contributed by atoms with Crippen molar-refractivity contribution in [1.29, 1.82) is 0 Å². The fourth-order valence-corrected chi connectivity index (χ4v) is 3.73. The Bertz CT molecular complexity index is 1490. The summed E-state index contributed by atoms with van der Waals surface area (Å²) < 4.78 is 16.0. The van der Waals surface area contributed by atoms with Gasteiger partial charge in [-0.1, -0.05) is 48.0 Å². The van der Waals surface area contributed by atoms with Crippen molar-refractivity contribution in [3.05, 3.63) is 108 Å². The number of halogens is 1. The number of nitrogens with zero attached hydrogens (tertiary/aromatic N) is 3. The van der Waals surface area contributed by atoms with E-state index in [1.54, 1.807) is 16.8 Å². The van der Waals surface area contributed by atoms with Crippen molar-refractivity contribution in [3.63, 3.8) is 0 Å². The molecule has 0 unspecified atom stereocenters. The smallest absolute Gasteiger partial charge is 0.258 e. The molecule has 2 heterocycles. The lowest BCUT2D eigenvalue weighted by Gasteiger charge is -2.14. The van der Waals surface area contributed by atoms with Crippen LogP contribution in [0.15, 0.2) is 84.9 Å². The van der Waals surface area contributed by atoms with E-state index in [4.69, 9.17) is 4.98 Å². The molecule has 5 rings (SSSR count). The zero-order chi connectivity index (χ0) is 23.7. The van der Waals surface area contributed by atoms with E-state index in [1.165, 1.54) is 12.1 Å². The largest absolute Gasteiger partial charge is 0.338 e. The maximum Gasteiger partial charge on any atom is 0.258 e. The van der Waals surface area contributed by atoms with Crippen molar-refractivity contribution >= 4 is 34.1 Å². The highest BCUT2D eigenvalue weighted by Crippen LogP contribution is 2.31. The van der Waals surface area contributed by atoms with Gasteiger partial charge in [0, 0.05) is 11.1 Å². The Morgan fingerprint density at radius 1 is 0.912 bits per heavy atom. The first-order valence-corrected chi connectivity index (χ1v) is 10.8. The summed E-state index contributed by atoms with van der Waals surface area (Å²) in [6.45, 7) is 3.90. The highest BCUT2D eigenvalue weighted by atomic mass is 19.1. The normalized spacial score (nSPS) is 10.9. The molecular formula is C27H22FN5O. The minimum atomic E-state index is -0.588. The van der Waals surface area contributed by atoms with E-state index >= 15 is 0 Å². The van der Waals surface area contributed by atoms with Crippen LogP contribution in [0.5, 0.6) is 0 Å². The Kier molecular flexibility index (Phi) is 5.51. The number of fused-ring (bicyclic) bond motifs is 1. The van der Waals surface area contributed by atoms with Crippen molar-refractivity contribution in [3.8, 4) is 5.69 Å². The van der Waals surface area contributed by atoms with Crippen molar-refractivity contribution in [2.75, 3.05) is 10.6 Å². The molecule has 168 valence electrons. The van der Waals surface area contributed by atoms with Gasteiger partial charge in [-0.3, -0.25) is 4.79 Å². The van der Waals surface area contributed by atoms with Crippen LogP contribution in [0.3, 0.4) is 0 Å². The summed E-state index contributed by atoms with van der Waals surface area (Å²) in [5.74, 6) is -0.715. The molecule has 0 aliphatic heterocycles. The topological polar surface area (TPSA) is 71.8 Å². The van der Waals surface area contributed by atoms with E-state index in [0.717, 1.165) is 28.0 Å². The minimum absolute atomic E-state index is 0.0411. The number of anilines is 3. The van der Waals surface area contributed by atoms with Crippen LogP contribution >= 0.6 is 0 Å². The van der Waals surface area contributed by atoms with Crippen molar-refractivity contribution in [2.45, 2.75) is 13.8 Å². The molecule has 2 aromatic heterocycles. The second-order valence-electron chi connectivity index (χ2n) is 8.01. The summed E-state index contributed by atoms with van der Waals surface area (Å²) in [6.07, 6.45) is 0. The summed E-state index contributed by atoms with van der Waals surface area (Å²) >= 11 is 0. The number of amides is 1. The molecule has 0 atom stereocenters. The number of hydrogen-bond donors (Lipinski definition) is 2. The molecule has 0 spiro atoms. The monoisotopic (exact) mass is 451 g/mol. The van der Waals surface area contributed by atoms with E-state index < -0.39 is 11.7 Å². The Hall–Kier alpha value is -4.52. The Morgan fingerprint density at radius 2 is 1.62 bits per heavy atom. The molecule has 5 aromatic rings. The van der Waals surface area contributed by atoms with Gasteiger partial charge in [-0.2, -0.15) is 5.10 Å². The predicted molar refractivity (Wildman–Crippen MR) is 132 cm³/mol. The number of aryl methyl sites for hydroxylation is 2. The summed E-state index contributed by atoms with van der Waals surface area (Å²) in [7, 11) is 0. The number of benzene rings is 3. The lowest BCUT2D eigenvalue weighted by molar-refractivity contribution is 0.102. The molecule has 1 amide bonds. The van der Waals surface area contributed by atoms with Crippen LogP contribution in [0.25, 0.3) is 16.7 Å². The number of rotatable bonds is 5. The van der Waals surface area contributed by atoms with Gasteiger partial charge in [0.2, 0.25) is 0 Å². The number of hydrogen-bond acceptors (Lipinski definition) is 4. The van der Waals surface area contributed by atoms with Gasteiger partial charge in [-0.15, -0.1) is 0 Å². The molecule has 0 saturated carbocycles. The highest BCUT2D eigenvalue weighted by molar-refractivity contribution is 6.07. The van der Waals surface area contributed by atoms with E-state index in [1.807, 2.05) is 74.5 Å². The molecular weight excluding hydrogens is 429 g/mol. The second-order valence-corrected chi connectivity index (χ2v) is 8.01. The third-order valence-electron chi connectivity index (χ3n) is 5.52. The third-order valence-corrected chi connectivity index (χ3v) is 5.52. The van der Waals surface area contributed by atoms with Crippen molar-refractivity contribution < 1.29 is 9.18 Å². The van der Waals surface area contributed by atoms with Gasteiger partial charge in [0.25, 0.3) is 5.91 Å². The fraction of sp³-hybridized carbons (Fsp3) is 0.0741. The van der Waals surface area contributed by atoms with Crippen LogP contribution in [0.2, 0.25) is 0 Å². The van der Waals surface area contributed by atoms with Gasteiger partial charge >= 0.3 is 0 Å². The SMILES string of the molecule is Cc1ccc(Nc2nc3c(cc2NC(=O)c2ccccc2F)c(C)nn3-c2ccccc2)cc1. The summed E-state index contributed by atoms with van der Waals surface area (Å²) in [6, 6.07) is 25.3. The van der Waals surface area contributed by atoms with Crippen LogP contribution < -0.4 is 10.6 Å². The van der Waals surface area contributed by atoms with E-state index in [2.05, 4.69) is 15.7 Å². The number of carbonyl (C=O) groups is 1. The summed E-state index contributed by atoms with van der Waals surface area (Å²) in [4.78, 5) is 17.7. The minimum Gasteiger partial charge on any atom is -0.338 e. The van der Waals surface area contributed by atoms with Crippen molar-refractivity contribution in [1.82, 2.24) is 14.8 Å². The van der Waals surface area contributed by atoms with Gasteiger partial charge in [0.1, 0.15) is 5.82 Å². The van der Waals surface area contributed by atoms with Crippen LogP contribution in [0.1, 0.15) is 21.6 Å². The lowest BCUT2D eigenvalue weighted by atomic mass is 10.2. The summed E-state index contributed by atoms with van der Waals surface area (Å²) in [5, 5.41) is 11.6. The second kappa shape index (κ2) is 8.78. The number of nitrogens with one attached hydrogen (secondary N) is 2. The predicted octanol–water partition coefficient (Wildman–Crippen LogP) is 6.17.